The smallest absolute Gasteiger partial charge is 0.227 e. The zero-order chi connectivity index (χ0) is 23.3. The first-order valence-electron chi connectivity index (χ1n) is 11.4. The lowest BCUT2D eigenvalue weighted by atomic mass is 9.98. The normalized spacial score (nSPS) is 20.3. The van der Waals surface area contributed by atoms with Gasteiger partial charge in [-0.25, -0.2) is 12.7 Å². The van der Waals surface area contributed by atoms with Crippen molar-refractivity contribution in [2.75, 3.05) is 39.3 Å². The van der Waals surface area contributed by atoms with Crippen molar-refractivity contribution in [3.8, 4) is 0 Å². The summed E-state index contributed by atoms with van der Waals surface area (Å²) in [6, 6.07) is 17.0. The molecule has 2 aliphatic heterocycles. The molecule has 0 N–H and O–H groups in total. The molecule has 2 aromatic carbocycles. The van der Waals surface area contributed by atoms with Crippen molar-refractivity contribution >= 4 is 33.6 Å². The van der Waals surface area contributed by atoms with Gasteiger partial charge in [-0.3, -0.25) is 4.79 Å². The Morgan fingerprint density at radius 3 is 2.36 bits per heavy atom. The van der Waals surface area contributed by atoms with Gasteiger partial charge in [0.1, 0.15) is 0 Å². The van der Waals surface area contributed by atoms with Crippen LogP contribution in [0.5, 0.6) is 0 Å². The van der Waals surface area contributed by atoms with E-state index in [-0.39, 0.29) is 24.1 Å². The number of carbonyl (C=O) groups excluding carboxylic acids is 1. The van der Waals surface area contributed by atoms with Crippen LogP contribution in [0, 0.1) is 5.92 Å². The van der Waals surface area contributed by atoms with E-state index in [2.05, 4.69) is 29.3 Å². The zero-order valence-corrected chi connectivity index (χ0v) is 20.2. The van der Waals surface area contributed by atoms with E-state index >= 15 is 0 Å². The van der Waals surface area contributed by atoms with Gasteiger partial charge >= 0.3 is 0 Å². The van der Waals surface area contributed by atoms with Gasteiger partial charge in [-0.15, -0.1) is 0 Å². The van der Waals surface area contributed by atoms with Gasteiger partial charge in [-0.1, -0.05) is 54.1 Å². The lowest BCUT2D eigenvalue weighted by molar-refractivity contribution is -0.138. The average Bonchev–Trinajstić information content (AvgIpc) is 2.85. The molecule has 0 aromatic heterocycles. The van der Waals surface area contributed by atoms with Crippen molar-refractivity contribution in [3.05, 3.63) is 76.9 Å². The maximum absolute atomic E-state index is 13.2. The SMILES string of the molecule is O=C([C@H]1CCCN(S(=O)(=O)Cc2ccc(Cl)cc2)C1)N1CCN(/C=C/c2ccccc2)CC1. The highest BCUT2D eigenvalue weighted by molar-refractivity contribution is 7.88. The van der Waals surface area contributed by atoms with E-state index in [1.54, 1.807) is 24.3 Å². The molecule has 1 amide bonds. The van der Waals surface area contributed by atoms with E-state index in [0.29, 0.717) is 36.6 Å². The molecule has 6 nitrogen and oxygen atoms in total. The molecule has 0 aliphatic carbocycles. The third kappa shape index (κ3) is 6.37. The lowest BCUT2D eigenvalue weighted by Crippen LogP contribution is -2.52. The van der Waals surface area contributed by atoms with Crippen molar-refractivity contribution in [3.63, 3.8) is 0 Å². The van der Waals surface area contributed by atoms with Crippen molar-refractivity contribution in [1.29, 1.82) is 0 Å². The second kappa shape index (κ2) is 10.7. The summed E-state index contributed by atoms with van der Waals surface area (Å²) >= 11 is 5.91. The number of halogens is 1. The Kier molecular flexibility index (Phi) is 7.73. The first kappa shape index (κ1) is 23.8. The molecule has 8 heteroatoms. The Labute approximate surface area is 201 Å². The van der Waals surface area contributed by atoms with Crippen LogP contribution in [0.4, 0.5) is 0 Å². The van der Waals surface area contributed by atoms with Crippen LogP contribution in [-0.2, 0) is 20.6 Å². The topological polar surface area (TPSA) is 60.9 Å². The van der Waals surface area contributed by atoms with Crippen LogP contribution >= 0.6 is 11.6 Å². The molecule has 2 aliphatic rings. The quantitative estimate of drug-likeness (QED) is 0.623. The maximum Gasteiger partial charge on any atom is 0.227 e. The van der Waals surface area contributed by atoms with E-state index in [9.17, 15) is 13.2 Å². The van der Waals surface area contributed by atoms with Gasteiger partial charge < -0.3 is 9.80 Å². The molecule has 176 valence electrons. The number of piperazine rings is 1. The number of amides is 1. The number of rotatable bonds is 6. The molecule has 4 rings (SSSR count). The van der Waals surface area contributed by atoms with Crippen LogP contribution in [0.25, 0.3) is 6.08 Å². The molecule has 2 saturated heterocycles. The number of piperidine rings is 1. The average molecular weight is 488 g/mol. The van der Waals surface area contributed by atoms with Crippen LogP contribution in [0.3, 0.4) is 0 Å². The van der Waals surface area contributed by atoms with E-state index in [4.69, 9.17) is 11.6 Å². The predicted octanol–water partition coefficient (Wildman–Crippen LogP) is 3.70. The van der Waals surface area contributed by atoms with Gasteiger partial charge in [0.2, 0.25) is 15.9 Å². The molecule has 2 heterocycles. The summed E-state index contributed by atoms with van der Waals surface area (Å²) < 4.78 is 27.4. The first-order valence-corrected chi connectivity index (χ1v) is 13.4. The second-order valence-electron chi connectivity index (χ2n) is 8.67. The lowest BCUT2D eigenvalue weighted by Gasteiger charge is -2.38. The highest BCUT2D eigenvalue weighted by atomic mass is 35.5. The van der Waals surface area contributed by atoms with Gasteiger partial charge in [0.25, 0.3) is 0 Å². The van der Waals surface area contributed by atoms with Crippen LogP contribution in [0.1, 0.15) is 24.0 Å². The Morgan fingerprint density at radius 1 is 0.970 bits per heavy atom. The molecule has 0 bridgehead atoms. The van der Waals surface area contributed by atoms with Crippen LogP contribution in [-0.4, -0.2) is 67.7 Å². The molecule has 2 aromatic rings. The van der Waals surface area contributed by atoms with Gasteiger partial charge in [-0.05, 0) is 48.4 Å². The highest BCUT2D eigenvalue weighted by Crippen LogP contribution is 2.24. The Morgan fingerprint density at radius 2 is 1.67 bits per heavy atom. The number of hydrogen-bond acceptors (Lipinski definition) is 4. The number of benzene rings is 2. The van der Waals surface area contributed by atoms with E-state index in [1.165, 1.54) is 4.31 Å². The monoisotopic (exact) mass is 487 g/mol. The van der Waals surface area contributed by atoms with E-state index < -0.39 is 10.0 Å². The van der Waals surface area contributed by atoms with Gasteiger partial charge in [0.15, 0.2) is 0 Å². The fraction of sp³-hybridized carbons (Fsp3) is 0.400. The summed E-state index contributed by atoms with van der Waals surface area (Å²) in [7, 11) is -3.49. The molecule has 0 spiro atoms. The fourth-order valence-corrected chi connectivity index (χ4v) is 6.12. The van der Waals surface area contributed by atoms with Crippen LogP contribution < -0.4 is 0 Å². The second-order valence-corrected chi connectivity index (χ2v) is 11.1. The summed E-state index contributed by atoms with van der Waals surface area (Å²) in [5, 5.41) is 0.579. The fourth-order valence-electron chi connectivity index (χ4n) is 4.38. The Hall–Kier alpha value is -2.35. The van der Waals surface area contributed by atoms with Gasteiger partial charge in [0.05, 0.1) is 11.7 Å². The molecule has 1 atom stereocenters. The van der Waals surface area contributed by atoms with Crippen LogP contribution in [0.2, 0.25) is 5.02 Å². The van der Waals surface area contributed by atoms with Crippen molar-refractivity contribution in [1.82, 2.24) is 14.1 Å². The third-order valence-electron chi connectivity index (χ3n) is 6.29. The third-order valence-corrected chi connectivity index (χ3v) is 8.36. The number of hydrogen-bond donors (Lipinski definition) is 0. The maximum atomic E-state index is 13.2. The molecule has 2 fully saturated rings. The largest absolute Gasteiger partial charge is 0.374 e. The standard InChI is InChI=1S/C25H30ClN3O3S/c26-24-10-8-22(9-11-24)20-33(31,32)29-13-4-7-23(19-29)25(30)28-17-15-27(16-18-28)14-12-21-5-2-1-3-6-21/h1-3,5-6,8-12,14,23H,4,7,13,15-20H2/b14-12+/t23-/m0/s1. The molecule has 33 heavy (non-hydrogen) atoms. The minimum atomic E-state index is -3.49. The predicted molar refractivity (Wildman–Crippen MR) is 132 cm³/mol. The van der Waals surface area contributed by atoms with Gasteiger partial charge in [-0.2, -0.15) is 0 Å². The van der Waals surface area contributed by atoms with Crippen LogP contribution in [0.15, 0.2) is 60.8 Å². The molecule has 0 radical (unpaired) electrons. The zero-order valence-electron chi connectivity index (χ0n) is 18.6. The number of nitrogens with zero attached hydrogens (tertiary/aromatic N) is 3. The Bertz CT molecular complexity index is 1070. The summed E-state index contributed by atoms with van der Waals surface area (Å²) in [4.78, 5) is 17.3. The van der Waals surface area contributed by atoms with Gasteiger partial charge in [0, 0.05) is 44.3 Å². The minimum Gasteiger partial charge on any atom is -0.374 e. The summed E-state index contributed by atoms with van der Waals surface area (Å²) in [5.41, 5.74) is 1.85. The van der Waals surface area contributed by atoms with E-state index in [1.807, 2.05) is 23.1 Å². The van der Waals surface area contributed by atoms with Crippen molar-refractivity contribution < 1.29 is 13.2 Å². The molecular formula is C25H30ClN3O3S. The van der Waals surface area contributed by atoms with Crippen molar-refractivity contribution in [2.24, 2.45) is 5.92 Å². The highest BCUT2D eigenvalue weighted by Gasteiger charge is 2.35. The number of carbonyl (C=O) groups is 1. The van der Waals surface area contributed by atoms with E-state index in [0.717, 1.165) is 25.1 Å². The molecule has 0 saturated carbocycles. The first-order chi connectivity index (χ1) is 15.9. The molecular weight excluding hydrogens is 458 g/mol. The Balaban J connectivity index is 1.30. The number of sulfonamides is 1. The van der Waals surface area contributed by atoms with Crippen molar-refractivity contribution in [2.45, 2.75) is 18.6 Å². The molecule has 0 unspecified atom stereocenters. The summed E-state index contributed by atoms with van der Waals surface area (Å²) in [6.07, 6.45) is 5.61. The summed E-state index contributed by atoms with van der Waals surface area (Å²) in [5.74, 6) is -0.268. The minimum absolute atomic E-state index is 0.0719. The summed E-state index contributed by atoms with van der Waals surface area (Å²) in [6.45, 7) is 3.61.